The summed E-state index contributed by atoms with van der Waals surface area (Å²) in [5.74, 6) is 0. The summed E-state index contributed by atoms with van der Waals surface area (Å²) in [6, 6.07) is 1.23. The summed E-state index contributed by atoms with van der Waals surface area (Å²) in [6.45, 7) is 12.4. The highest BCUT2D eigenvalue weighted by molar-refractivity contribution is 6.25. The summed E-state index contributed by atoms with van der Waals surface area (Å²) in [7, 11) is 0. The average molecular weight is 259 g/mol. The molecule has 0 saturated carbocycles. The van der Waals surface area contributed by atoms with Crippen LogP contribution in [0.3, 0.4) is 0 Å². The van der Waals surface area contributed by atoms with E-state index >= 15 is 0 Å². The number of piperazine rings is 1. The van der Waals surface area contributed by atoms with Crippen molar-refractivity contribution < 1.29 is 0 Å². The molecule has 17 heavy (non-hydrogen) atoms. The Kier molecular flexibility index (Phi) is 5.98. The molecular formula is C14H27ClN2. The van der Waals surface area contributed by atoms with Crippen LogP contribution in [0.1, 0.15) is 40.5 Å². The molecule has 2 atom stereocenters. The van der Waals surface area contributed by atoms with E-state index in [4.69, 9.17) is 11.6 Å². The van der Waals surface area contributed by atoms with Crippen molar-refractivity contribution in [2.45, 2.75) is 52.6 Å². The fourth-order valence-corrected chi connectivity index (χ4v) is 2.73. The molecule has 0 bridgehead atoms. The van der Waals surface area contributed by atoms with Crippen LogP contribution in [0, 0.1) is 5.41 Å². The van der Waals surface area contributed by atoms with Crippen LogP contribution in [0.2, 0.25) is 0 Å². The molecule has 1 rings (SSSR count). The third-order valence-electron chi connectivity index (χ3n) is 3.56. The van der Waals surface area contributed by atoms with Gasteiger partial charge in [-0.3, -0.25) is 4.90 Å². The van der Waals surface area contributed by atoms with Gasteiger partial charge in [0.05, 0.1) is 0 Å². The lowest BCUT2D eigenvalue weighted by atomic mass is 9.83. The molecule has 0 aromatic carbocycles. The predicted molar refractivity (Wildman–Crippen MR) is 76.5 cm³/mol. The minimum absolute atomic E-state index is 0.310. The molecule has 1 heterocycles. The lowest BCUT2D eigenvalue weighted by Gasteiger charge is -2.46. The average Bonchev–Trinajstić information content (AvgIpc) is 2.25. The van der Waals surface area contributed by atoms with Gasteiger partial charge >= 0.3 is 0 Å². The van der Waals surface area contributed by atoms with Crippen molar-refractivity contribution in [2.24, 2.45) is 5.41 Å². The van der Waals surface area contributed by atoms with E-state index in [0.29, 0.717) is 17.5 Å². The first-order chi connectivity index (χ1) is 7.99. The van der Waals surface area contributed by atoms with Crippen molar-refractivity contribution in [3.63, 3.8) is 0 Å². The van der Waals surface area contributed by atoms with Crippen LogP contribution >= 0.6 is 11.6 Å². The van der Waals surface area contributed by atoms with E-state index in [9.17, 15) is 0 Å². The van der Waals surface area contributed by atoms with E-state index in [0.717, 1.165) is 19.6 Å². The summed E-state index contributed by atoms with van der Waals surface area (Å²) in [5, 5.41) is 3.68. The Morgan fingerprint density at radius 2 is 2.12 bits per heavy atom. The smallest absolute Gasteiger partial charge is 0.0273 e. The second-order valence-corrected chi connectivity index (χ2v) is 6.34. The Hall–Kier alpha value is -0.0500. The van der Waals surface area contributed by atoms with E-state index in [1.807, 2.05) is 0 Å². The Morgan fingerprint density at radius 3 is 2.65 bits per heavy atom. The van der Waals surface area contributed by atoms with E-state index in [-0.39, 0.29) is 0 Å². The fraction of sp³-hybridized carbons (Fsp3) is 0.857. The maximum absolute atomic E-state index is 5.66. The Labute approximate surface area is 111 Å². The fourth-order valence-electron chi connectivity index (χ4n) is 2.65. The summed E-state index contributed by atoms with van der Waals surface area (Å²) in [4.78, 5) is 2.57. The molecule has 1 saturated heterocycles. The number of rotatable bonds is 4. The third kappa shape index (κ3) is 4.61. The van der Waals surface area contributed by atoms with Gasteiger partial charge in [-0.1, -0.05) is 51.8 Å². The van der Waals surface area contributed by atoms with E-state index in [1.165, 1.54) is 12.8 Å². The Bertz CT molecular complexity index is 245. The van der Waals surface area contributed by atoms with Gasteiger partial charge in [-0.05, 0) is 11.8 Å². The normalized spacial score (nSPS) is 27.8. The quantitative estimate of drug-likeness (QED) is 0.833. The molecule has 2 unspecified atom stereocenters. The van der Waals surface area contributed by atoms with E-state index in [1.54, 1.807) is 5.54 Å². The van der Waals surface area contributed by atoms with Crippen molar-refractivity contribution >= 4 is 11.6 Å². The highest BCUT2D eigenvalue weighted by Crippen LogP contribution is 2.26. The highest BCUT2D eigenvalue weighted by Gasteiger charge is 2.34. The van der Waals surface area contributed by atoms with Gasteiger partial charge in [0, 0.05) is 37.3 Å². The van der Waals surface area contributed by atoms with Gasteiger partial charge in [0.15, 0.2) is 0 Å². The van der Waals surface area contributed by atoms with E-state index in [2.05, 4.69) is 44.0 Å². The monoisotopic (exact) mass is 258 g/mol. The standard InChI is InChI=1S/C14H27ClN2/c1-5-7-12-11-17(9-6-8-15)13(10-16-12)14(2,3)4/h6,8,12-13,16H,5,7,9-11H2,1-4H3/b8-6+. The topological polar surface area (TPSA) is 15.3 Å². The molecule has 0 aliphatic carbocycles. The van der Waals surface area contributed by atoms with Gasteiger partial charge < -0.3 is 5.32 Å². The molecule has 1 N–H and O–H groups in total. The summed E-state index contributed by atoms with van der Waals surface area (Å²) < 4.78 is 0. The largest absolute Gasteiger partial charge is 0.311 e. The molecule has 0 spiro atoms. The first kappa shape index (κ1) is 15.0. The van der Waals surface area contributed by atoms with Crippen molar-refractivity contribution in [1.29, 1.82) is 0 Å². The van der Waals surface area contributed by atoms with Gasteiger partial charge in [0.1, 0.15) is 0 Å². The van der Waals surface area contributed by atoms with Crippen molar-refractivity contribution in [3.8, 4) is 0 Å². The number of nitrogens with one attached hydrogen (secondary N) is 1. The minimum atomic E-state index is 0.310. The van der Waals surface area contributed by atoms with Gasteiger partial charge in [-0.15, -0.1) is 0 Å². The first-order valence-electron chi connectivity index (χ1n) is 6.71. The lowest BCUT2D eigenvalue weighted by Crippen LogP contribution is -2.60. The number of hydrogen-bond donors (Lipinski definition) is 1. The summed E-state index contributed by atoms with van der Waals surface area (Å²) >= 11 is 5.66. The van der Waals surface area contributed by atoms with Crippen LogP contribution in [0.15, 0.2) is 11.6 Å². The highest BCUT2D eigenvalue weighted by atomic mass is 35.5. The molecule has 3 heteroatoms. The molecule has 1 fully saturated rings. The summed E-state index contributed by atoms with van der Waals surface area (Å²) in [5.41, 5.74) is 1.95. The molecule has 0 aromatic heterocycles. The molecule has 1 aliphatic rings. The van der Waals surface area contributed by atoms with Crippen LogP contribution in [0.5, 0.6) is 0 Å². The molecule has 2 nitrogen and oxygen atoms in total. The first-order valence-corrected chi connectivity index (χ1v) is 7.15. The number of halogens is 1. The molecule has 100 valence electrons. The van der Waals surface area contributed by atoms with Crippen LogP contribution in [-0.2, 0) is 0 Å². The van der Waals surface area contributed by atoms with Crippen LogP contribution in [-0.4, -0.2) is 36.6 Å². The van der Waals surface area contributed by atoms with Crippen LogP contribution in [0.25, 0.3) is 0 Å². The zero-order valence-corrected chi connectivity index (χ0v) is 12.4. The van der Waals surface area contributed by atoms with Crippen molar-refractivity contribution in [1.82, 2.24) is 10.2 Å². The molecule has 1 aliphatic heterocycles. The maximum Gasteiger partial charge on any atom is 0.0273 e. The predicted octanol–water partition coefficient (Wildman–Crippen LogP) is 3.23. The third-order valence-corrected chi connectivity index (χ3v) is 3.74. The number of nitrogens with zero attached hydrogens (tertiary/aromatic N) is 1. The summed E-state index contributed by atoms with van der Waals surface area (Å²) in [6.07, 6.45) is 4.56. The Morgan fingerprint density at radius 1 is 1.41 bits per heavy atom. The molecular weight excluding hydrogens is 232 g/mol. The minimum Gasteiger partial charge on any atom is -0.311 e. The van der Waals surface area contributed by atoms with Crippen molar-refractivity contribution in [3.05, 3.63) is 11.6 Å². The second kappa shape index (κ2) is 6.77. The van der Waals surface area contributed by atoms with Crippen LogP contribution in [0.4, 0.5) is 0 Å². The van der Waals surface area contributed by atoms with Gasteiger partial charge in [0.2, 0.25) is 0 Å². The van der Waals surface area contributed by atoms with Crippen LogP contribution < -0.4 is 5.32 Å². The lowest BCUT2D eigenvalue weighted by molar-refractivity contribution is 0.0639. The zero-order chi connectivity index (χ0) is 12.9. The Balaban J connectivity index is 2.65. The van der Waals surface area contributed by atoms with E-state index < -0.39 is 0 Å². The SMILES string of the molecule is CCCC1CN(C/C=C/Cl)C(C(C)(C)C)CN1. The molecule has 0 amide bonds. The van der Waals surface area contributed by atoms with Gasteiger partial charge in [0.25, 0.3) is 0 Å². The van der Waals surface area contributed by atoms with Gasteiger partial charge in [-0.2, -0.15) is 0 Å². The molecule has 0 aromatic rings. The van der Waals surface area contributed by atoms with Gasteiger partial charge in [-0.25, -0.2) is 0 Å². The van der Waals surface area contributed by atoms with Crippen molar-refractivity contribution in [2.75, 3.05) is 19.6 Å². The number of hydrogen-bond acceptors (Lipinski definition) is 2. The second-order valence-electron chi connectivity index (χ2n) is 6.09. The maximum atomic E-state index is 5.66. The zero-order valence-electron chi connectivity index (χ0n) is 11.7. The molecule has 0 radical (unpaired) electrons.